The van der Waals surface area contributed by atoms with E-state index in [1.165, 1.54) is 12.1 Å². The Balaban J connectivity index is 1.97. The van der Waals surface area contributed by atoms with E-state index in [2.05, 4.69) is 33.9 Å². The van der Waals surface area contributed by atoms with Crippen molar-refractivity contribution < 1.29 is 36.7 Å². The number of halogens is 2. The van der Waals surface area contributed by atoms with Crippen molar-refractivity contribution in [2.45, 2.75) is 101 Å². The number of rotatable bonds is 11. The van der Waals surface area contributed by atoms with E-state index >= 15 is 0 Å². The van der Waals surface area contributed by atoms with E-state index in [0.717, 1.165) is 23.3 Å². The number of aromatic carboxylic acids is 1. The van der Waals surface area contributed by atoms with Crippen molar-refractivity contribution >= 4 is 41.8 Å². The fraction of sp³-hybridized carbons (Fsp3) is 0.429. The number of sulfone groups is 1. The lowest BCUT2D eigenvalue weighted by Crippen LogP contribution is -2.48. The summed E-state index contributed by atoms with van der Waals surface area (Å²) in [4.78, 5) is 26.4. The average Bonchev–Trinajstić information content (AvgIpc) is 2.93. The molecule has 2 atom stereocenters. The number of carboxylic acids is 1. The van der Waals surface area contributed by atoms with Gasteiger partial charge < -0.3 is 19.2 Å². The molecule has 0 heterocycles. The van der Waals surface area contributed by atoms with Crippen LogP contribution in [0.25, 0.3) is 0 Å². The summed E-state index contributed by atoms with van der Waals surface area (Å²) < 4.78 is 53.1. The molecule has 3 aromatic rings. The van der Waals surface area contributed by atoms with Crippen molar-refractivity contribution in [1.82, 2.24) is 4.90 Å². The molecule has 0 spiro atoms. The van der Waals surface area contributed by atoms with Crippen molar-refractivity contribution in [1.29, 1.82) is 0 Å². The van der Waals surface area contributed by atoms with Gasteiger partial charge in [0.2, 0.25) is 9.84 Å². The van der Waals surface area contributed by atoms with Gasteiger partial charge in [-0.1, -0.05) is 56.6 Å². The Hall–Kier alpha value is -3.25. The van der Waals surface area contributed by atoms with E-state index in [1.807, 2.05) is 25.1 Å². The fourth-order valence-electron chi connectivity index (χ4n) is 4.67. The Bertz CT molecular complexity index is 1700. The van der Waals surface area contributed by atoms with Crippen LogP contribution in [0.2, 0.25) is 23.2 Å². The second kappa shape index (κ2) is 14.5. The summed E-state index contributed by atoms with van der Waals surface area (Å²) in [5.41, 5.74) is 0.155. The lowest BCUT2D eigenvalue weighted by Gasteiger charge is -2.41. The quantitative estimate of drug-likeness (QED) is 0.157. The Kier molecular flexibility index (Phi) is 11.8. The summed E-state index contributed by atoms with van der Waals surface area (Å²) in [5.74, 6) is -2.41. The molecule has 0 aliphatic heterocycles. The number of benzene rings is 3. The fourth-order valence-corrected chi connectivity index (χ4v) is 7.58. The minimum absolute atomic E-state index is 0.104. The van der Waals surface area contributed by atoms with Crippen LogP contribution >= 0.6 is 11.6 Å². The molecule has 0 unspecified atom stereocenters. The molecule has 0 aromatic heterocycles. The summed E-state index contributed by atoms with van der Waals surface area (Å²) in [6.07, 6.45) is -0.678. The SMILES string of the molecule is C[C@H](Cc1ccc(S(=O)(=O)c2ccc(F)cc2C(=O)O)cc1)N(C[C@@H](O[Si](C)(C)C(C)(C)C)c1cccc(Cl)c1)C(=O)OC(C)(C)C. The molecule has 0 saturated heterocycles. The molecule has 1 amide bonds. The summed E-state index contributed by atoms with van der Waals surface area (Å²) in [7, 11) is -6.59. The van der Waals surface area contributed by atoms with E-state index in [9.17, 15) is 27.5 Å². The van der Waals surface area contributed by atoms with Crippen LogP contribution in [0.15, 0.2) is 76.5 Å². The summed E-state index contributed by atoms with van der Waals surface area (Å²) in [6.45, 7) is 18.2. The van der Waals surface area contributed by atoms with Gasteiger partial charge in [-0.3, -0.25) is 0 Å². The maximum atomic E-state index is 13.7. The number of carbonyl (C=O) groups excluding carboxylic acids is 1. The van der Waals surface area contributed by atoms with Gasteiger partial charge in [0.15, 0.2) is 8.32 Å². The van der Waals surface area contributed by atoms with E-state index in [4.69, 9.17) is 20.8 Å². The van der Waals surface area contributed by atoms with Gasteiger partial charge in [0.05, 0.1) is 28.0 Å². The molecule has 0 aliphatic carbocycles. The first kappa shape index (κ1) is 38.2. The molecule has 0 fully saturated rings. The van der Waals surface area contributed by atoms with E-state index in [0.29, 0.717) is 17.5 Å². The lowest BCUT2D eigenvalue weighted by molar-refractivity contribution is 0.00678. The van der Waals surface area contributed by atoms with Gasteiger partial charge in [0.25, 0.3) is 0 Å². The number of amides is 1. The van der Waals surface area contributed by atoms with Crippen LogP contribution in [-0.2, 0) is 25.4 Å². The molecule has 8 nitrogen and oxygen atoms in total. The molecule has 0 saturated carbocycles. The molecule has 0 radical (unpaired) electrons. The third kappa shape index (κ3) is 9.88. The molecule has 1 N–H and O–H groups in total. The largest absolute Gasteiger partial charge is 0.478 e. The Morgan fingerprint density at radius 3 is 2.13 bits per heavy atom. The van der Waals surface area contributed by atoms with Gasteiger partial charge in [-0.2, -0.15) is 0 Å². The minimum Gasteiger partial charge on any atom is -0.478 e. The second-order valence-corrected chi connectivity index (χ2v) is 21.3. The smallest absolute Gasteiger partial charge is 0.410 e. The predicted molar refractivity (Wildman–Crippen MR) is 184 cm³/mol. The summed E-state index contributed by atoms with van der Waals surface area (Å²) in [5, 5.41) is 9.92. The first-order chi connectivity index (χ1) is 21.5. The number of carbonyl (C=O) groups is 2. The first-order valence-corrected chi connectivity index (χ1v) is 20.1. The second-order valence-electron chi connectivity index (χ2n) is 14.2. The molecule has 47 heavy (non-hydrogen) atoms. The number of hydrogen-bond acceptors (Lipinski definition) is 6. The van der Waals surface area contributed by atoms with E-state index in [-0.39, 0.29) is 16.5 Å². The summed E-state index contributed by atoms with van der Waals surface area (Å²) in [6, 6.07) is 15.5. The zero-order valence-electron chi connectivity index (χ0n) is 28.4. The molecular weight excluding hydrogens is 661 g/mol. The third-order valence-electron chi connectivity index (χ3n) is 8.21. The molecule has 0 aliphatic rings. The predicted octanol–water partition coefficient (Wildman–Crippen LogP) is 8.94. The average molecular weight is 706 g/mol. The number of carboxylic acid groups (broad SMARTS) is 1. The van der Waals surface area contributed by atoms with Crippen LogP contribution in [0.3, 0.4) is 0 Å². The highest BCUT2D eigenvalue weighted by atomic mass is 35.5. The lowest BCUT2D eigenvalue weighted by atomic mass is 10.0. The standard InChI is InChI=1S/C35H45ClFNO7SSi/c1-23(19-24-13-16-28(17-14-24)46(42,43)31-18-15-27(37)21-29(31)32(39)40)38(33(41)44-34(2,3)4)22-30(25-11-10-12-26(36)20-25)45-47(8,9)35(5,6)7/h10-18,20-21,23,30H,19,22H2,1-9H3,(H,39,40)/t23-,30-/m1/s1. The van der Waals surface area contributed by atoms with Crippen LogP contribution in [0.5, 0.6) is 0 Å². The normalized spacial score (nSPS) is 13.9. The van der Waals surface area contributed by atoms with Gasteiger partial charge in [-0.05, 0) is 106 Å². The van der Waals surface area contributed by atoms with Crippen molar-refractivity contribution in [3.05, 3.63) is 94.3 Å². The maximum Gasteiger partial charge on any atom is 0.410 e. The van der Waals surface area contributed by atoms with Gasteiger partial charge >= 0.3 is 12.1 Å². The van der Waals surface area contributed by atoms with Gasteiger partial charge in [-0.25, -0.2) is 22.4 Å². The number of nitrogens with zero attached hydrogens (tertiary/aromatic N) is 1. The maximum absolute atomic E-state index is 13.7. The minimum atomic E-state index is -4.26. The van der Waals surface area contributed by atoms with Gasteiger partial charge in [-0.15, -0.1) is 0 Å². The highest BCUT2D eigenvalue weighted by molar-refractivity contribution is 7.91. The topological polar surface area (TPSA) is 110 Å². The van der Waals surface area contributed by atoms with Crippen LogP contribution in [0, 0.1) is 5.82 Å². The van der Waals surface area contributed by atoms with Crippen molar-refractivity contribution in [2.75, 3.05) is 6.54 Å². The molecule has 12 heteroatoms. The molecule has 3 rings (SSSR count). The van der Waals surface area contributed by atoms with E-state index < -0.39 is 64.2 Å². The Morgan fingerprint density at radius 1 is 0.979 bits per heavy atom. The number of hydrogen-bond donors (Lipinski definition) is 1. The Labute approximate surface area is 283 Å². The number of ether oxygens (including phenoxy) is 1. The van der Waals surface area contributed by atoms with Crippen molar-refractivity contribution in [3.63, 3.8) is 0 Å². The zero-order chi connectivity index (χ0) is 35.5. The van der Waals surface area contributed by atoms with Gasteiger partial charge in [0, 0.05) is 11.1 Å². The van der Waals surface area contributed by atoms with Crippen molar-refractivity contribution in [2.24, 2.45) is 0 Å². The first-order valence-electron chi connectivity index (χ1n) is 15.3. The van der Waals surface area contributed by atoms with Crippen LogP contribution < -0.4 is 0 Å². The third-order valence-corrected chi connectivity index (χ3v) is 14.8. The van der Waals surface area contributed by atoms with Crippen LogP contribution in [-0.4, -0.2) is 57.0 Å². The van der Waals surface area contributed by atoms with E-state index in [1.54, 1.807) is 43.9 Å². The molecule has 3 aromatic carbocycles. The van der Waals surface area contributed by atoms with Crippen LogP contribution in [0.4, 0.5) is 9.18 Å². The monoisotopic (exact) mass is 705 g/mol. The molecule has 256 valence electrons. The molecule has 0 bridgehead atoms. The highest BCUT2D eigenvalue weighted by Crippen LogP contribution is 2.40. The molecular formula is C35H45ClFNO7SSi. The summed E-state index contributed by atoms with van der Waals surface area (Å²) >= 11 is 6.38. The Morgan fingerprint density at radius 2 is 1.60 bits per heavy atom. The highest BCUT2D eigenvalue weighted by Gasteiger charge is 2.41. The van der Waals surface area contributed by atoms with Gasteiger partial charge in [0.1, 0.15) is 11.4 Å². The van der Waals surface area contributed by atoms with Crippen molar-refractivity contribution in [3.8, 4) is 0 Å². The van der Waals surface area contributed by atoms with Crippen LogP contribution in [0.1, 0.15) is 76.1 Å². The zero-order valence-corrected chi connectivity index (χ0v) is 31.0.